The van der Waals surface area contributed by atoms with E-state index >= 15 is 0 Å². The minimum atomic E-state index is -0.143. The molecule has 0 saturated carbocycles. The summed E-state index contributed by atoms with van der Waals surface area (Å²) >= 11 is 0. The van der Waals surface area contributed by atoms with Gasteiger partial charge in [-0.2, -0.15) is 0 Å². The average Bonchev–Trinajstić information content (AvgIpc) is 2.41. The van der Waals surface area contributed by atoms with Gasteiger partial charge in [-0.15, -0.1) is 0 Å². The quantitative estimate of drug-likeness (QED) is 0.853. The van der Waals surface area contributed by atoms with Crippen molar-refractivity contribution in [3.63, 3.8) is 0 Å². The van der Waals surface area contributed by atoms with E-state index in [4.69, 9.17) is 0 Å². The molecule has 0 radical (unpaired) electrons. The summed E-state index contributed by atoms with van der Waals surface area (Å²) in [5.74, 6) is 0. The van der Waals surface area contributed by atoms with Crippen molar-refractivity contribution in [1.29, 1.82) is 0 Å². The molecule has 0 aliphatic rings. The number of hydrogen-bond acceptors (Lipinski definition) is 1. The number of carbonyl (C=O) groups is 1. The molecule has 2 rings (SSSR count). The van der Waals surface area contributed by atoms with Gasteiger partial charge >= 0.3 is 6.03 Å². The third kappa shape index (κ3) is 2.69. The Morgan fingerprint density at radius 2 is 1.61 bits per heavy atom. The van der Waals surface area contributed by atoms with Crippen molar-refractivity contribution in [2.75, 3.05) is 17.3 Å². The molecule has 1 N–H and O–H groups in total. The third-order valence-electron chi connectivity index (χ3n) is 2.83. The van der Waals surface area contributed by atoms with Crippen LogP contribution in [0.2, 0.25) is 0 Å². The first-order chi connectivity index (χ1) is 8.68. The molecule has 0 unspecified atom stereocenters. The Labute approximate surface area is 107 Å². The molecule has 0 saturated heterocycles. The zero-order valence-corrected chi connectivity index (χ0v) is 10.6. The monoisotopic (exact) mass is 240 g/mol. The van der Waals surface area contributed by atoms with Crippen molar-refractivity contribution in [1.82, 2.24) is 0 Å². The Morgan fingerprint density at radius 3 is 2.28 bits per heavy atom. The van der Waals surface area contributed by atoms with E-state index in [1.807, 2.05) is 61.5 Å². The van der Waals surface area contributed by atoms with Crippen molar-refractivity contribution in [2.24, 2.45) is 0 Å². The number of rotatable bonds is 2. The van der Waals surface area contributed by atoms with Gasteiger partial charge in [0.2, 0.25) is 0 Å². The standard InChI is InChI=1S/C15H16N2O/c1-12-8-6-7-11-14(12)16-15(18)17(2)13-9-4-3-5-10-13/h3-11H,1-2H3,(H,16,18). The number of nitrogens with one attached hydrogen (secondary N) is 1. The first kappa shape index (κ1) is 12.2. The molecule has 0 spiro atoms. The van der Waals surface area contributed by atoms with Gasteiger partial charge in [0, 0.05) is 18.4 Å². The van der Waals surface area contributed by atoms with Crippen LogP contribution in [0.3, 0.4) is 0 Å². The highest BCUT2D eigenvalue weighted by Gasteiger charge is 2.10. The van der Waals surface area contributed by atoms with Crippen molar-refractivity contribution in [3.05, 3.63) is 60.2 Å². The predicted octanol–water partition coefficient (Wildman–Crippen LogP) is 3.66. The molecular formula is C15H16N2O. The lowest BCUT2D eigenvalue weighted by molar-refractivity contribution is 0.258. The maximum atomic E-state index is 12.1. The molecule has 0 aliphatic carbocycles. The molecule has 0 heterocycles. The molecule has 18 heavy (non-hydrogen) atoms. The summed E-state index contributed by atoms with van der Waals surface area (Å²) < 4.78 is 0. The Morgan fingerprint density at radius 1 is 1.00 bits per heavy atom. The van der Waals surface area contributed by atoms with Gasteiger partial charge in [-0.3, -0.25) is 4.90 Å². The van der Waals surface area contributed by atoms with Gasteiger partial charge in [0.15, 0.2) is 0 Å². The van der Waals surface area contributed by atoms with Gasteiger partial charge < -0.3 is 5.32 Å². The molecule has 0 fully saturated rings. The third-order valence-corrected chi connectivity index (χ3v) is 2.83. The van der Waals surface area contributed by atoms with Gasteiger partial charge in [-0.05, 0) is 30.7 Å². The minimum Gasteiger partial charge on any atom is -0.307 e. The Kier molecular flexibility index (Phi) is 3.63. The summed E-state index contributed by atoms with van der Waals surface area (Å²) in [6, 6.07) is 17.1. The highest BCUT2D eigenvalue weighted by atomic mass is 16.2. The number of urea groups is 1. The number of hydrogen-bond donors (Lipinski definition) is 1. The van der Waals surface area contributed by atoms with Crippen LogP contribution >= 0.6 is 0 Å². The summed E-state index contributed by atoms with van der Waals surface area (Å²) in [6.07, 6.45) is 0. The van der Waals surface area contributed by atoms with Crippen LogP contribution in [0.15, 0.2) is 54.6 Å². The SMILES string of the molecule is Cc1ccccc1NC(=O)N(C)c1ccccc1. The van der Waals surface area contributed by atoms with Crippen LogP contribution in [0.5, 0.6) is 0 Å². The van der Waals surface area contributed by atoms with Crippen molar-refractivity contribution in [3.8, 4) is 0 Å². The average molecular weight is 240 g/mol. The summed E-state index contributed by atoms with van der Waals surface area (Å²) in [4.78, 5) is 13.7. The number of benzene rings is 2. The summed E-state index contributed by atoms with van der Waals surface area (Å²) in [5, 5.41) is 2.90. The van der Waals surface area contributed by atoms with Crippen molar-refractivity contribution < 1.29 is 4.79 Å². The Bertz CT molecular complexity index is 537. The number of amides is 2. The van der Waals surface area contributed by atoms with Gasteiger partial charge in [0.1, 0.15) is 0 Å². The van der Waals surface area contributed by atoms with Gasteiger partial charge in [0.05, 0.1) is 0 Å². The van der Waals surface area contributed by atoms with Crippen LogP contribution < -0.4 is 10.2 Å². The van der Waals surface area contributed by atoms with Crippen molar-refractivity contribution in [2.45, 2.75) is 6.92 Å². The first-order valence-corrected chi connectivity index (χ1v) is 5.84. The molecule has 0 aliphatic heterocycles. The molecule has 2 aromatic rings. The zero-order chi connectivity index (χ0) is 13.0. The van der Waals surface area contributed by atoms with E-state index in [0.29, 0.717) is 0 Å². The molecule has 3 nitrogen and oxygen atoms in total. The lowest BCUT2D eigenvalue weighted by Crippen LogP contribution is -2.31. The number of anilines is 2. The molecule has 3 heteroatoms. The molecule has 0 bridgehead atoms. The van der Waals surface area contributed by atoms with Crippen LogP contribution in [-0.4, -0.2) is 13.1 Å². The molecule has 92 valence electrons. The summed E-state index contributed by atoms with van der Waals surface area (Å²) in [6.45, 7) is 1.97. The lowest BCUT2D eigenvalue weighted by Gasteiger charge is -2.18. The van der Waals surface area contributed by atoms with E-state index in [-0.39, 0.29) is 6.03 Å². The fourth-order valence-electron chi connectivity index (χ4n) is 1.68. The lowest BCUT2D eigenvalue weighted by atomic mass is 10.2. The van der Waals surface area contributed by atoms with Gasteiger partial charge in [-0.25, -0.2) is 4.79 Å². The highest BCUT2D eigenvalue weighted by molar-refractivity contribution is 6.01. The molecule has 0 aromatic heterocycles. The first-order valence-electron chi connectivity index (χ1n) is 5.84. The second kappa shape index (κ2) is 5.36. The summed E-state index contributed by atoms with van der Waals surface area (Å²) in [7, 11) is 1.75. The van der Waals surface area contributed by atoms with Gasteiger partial charge in [-0.1, -0.05) is 36.4 Å². The van der Waals surface area contributed by atoms with Gasteiger partial charge in [0.25, 0.3) is 0 Å². The van der Waals surface area contributed by atoms with Crippen LogP contribution in [-0.2, 0) is 0 Å². The van der Waals surface area contributed by atoms with Crippen LogP contribution in [0, 0.1) is 6.92 Å². The van der Waals surface area contributed by atoms with Crippen molar-refractivity contribution >= 4 is 17.4 Å². The van der Waals surface area contributed by atoms with Crippen LogP contribution in [0.25, 0.3) is 0 Å². The molecule has 0 atom stereocenters. The molecule has 2 amide bonds. The maximum Gasteiger partial charge on any atom is 0.326 e. The number of aryl methyl sites for hydroxylation is 1. The van der Waals surface area contributed by atoms with E-state index in [0.717, 1.165) is 16.9 Å². The van der Waals surface area contributed by atoms with E-state index in [9.17, 15) is 4.79 Å². The predicted molar refractivity (Wildman–Crippen MR) is 75.0 cm³/mol. The van der Waals surface area contributed by atoms with Crippen LogP contribution in [0.4, 0.5) is 16.2 Å². The number of carbonyl (C=O) groups excluding carboxylic acids is 1. The van der Waals surface area contributed by atoms with E-state index < -0.39 is 0 Å². The summed E-state index contributed by atoms with van der Waals surface area (Å²) in [5.41, 5.74) is 2.75. The molecular weight excluding hydrogens is 224 g/mol. The second-order valence-electron chi connectivity index (χ2n) is 4.14. The fraction of sp³-hybridized carbons (Fsp3) is 0.133. The van der Waals surface area contributed by atoms with E-state index in [2.05, 4.69) is 5.32 Å². The Hall–Kier alpha value is -2.29. The topological polar surface area (TPSA) is 32.3 Å². The van der Waals surface area contributed by atoms with E-state index in [1.54, 1.807) is 11.9 Å². The Balaban J connectivity index is 2.12. The highest BCUT2D eigenvalue weighted by Crippen LogP contribution is 2.16. The van der Waals surface area contributed by atoms with E-state index in [1.165, 1.54) is 0 Å². The normalized spacial score (nSPS) is 9.89. The fourth-order valence-corrected chi connectivity index (χ4v) is 1.68. The smallest absolute Gasteiger partial charge is 0.307 e. The minimum absolute atomic E-state index is 0.143. The zero-order valence-electron chi connectivity index (χ0n) is 10.6. The number of para-hydroxylation sites is 2. The largest absolute Gasteiger partial charge is 0.326 e. The maximum absolute atomic E-state index is 12.1. The van der Waals surface area contributed by atoms with Crippen LogP contribution in [0.1, 0.15) is 5.56 Å². The number of nitrogens with zero attached hydrogens (tertiary/aromatic N) is 1. The molecule has 2 aromatic carbocycles. The second-order valence-corrected chi connectivity index (χ2v) is 4.14.